The van der Waals surface area contributed by atoms with E-state index in [1.165, 1.54) is 0 Å². The molecule has 0 saturated heterocycles. The van der Waals surface area contributed by atoms with Gasteiger partial charge in [0, 0.05) is 21.6 Å². The zero-order valence-corrected chi connectivity index (χ0v) is 4.34. The van der Waals surface area contributed by atoms with E-state index >= 15 is 0 Å². The molecule has 0 spiro atoms. The molecule has 0 N–H and O–H groups in total. The predicted octanol–water partition coefficient (Wildman–Crippen LogP) is 0.0330. The Morgan fingerprint density at radius 3 is 1.38 bits per heavy atom. The van der Waals surface area contributed by atoms with Gasteiger partial charge in [0.1, 0.15) is 10.8 Å². The van der Waals surface area contributed by atoms with Gasteiger partial charge in [0.15, 0.2) is 0 Å². The molecule has 0 radical (unpaired) electrons. The molecule has 2 nitrogen and oxygen atoms in total. The summed E-state index contributed by atoms with van der Waals surface area (Å²) >= 11 is 0. The molecule has 0 aliphatic carbocycles. The molecule has 0 unspecified atom stereocenters. The number of rotatable bonds is 1. The van der Waals surface area contributed by atoms with Crippen molar-refractivity contribution in [3.8, 4) is 10.8 Å². The molecule has 0 aromatic heterocycles. The summed E-state index contributed by atoms with van der Waals surface area (Å²) in [5.41, 5.74) is 0. The predicted molar refractivity (Wildman–Crippen MR) is 40.7 cm³/mol. The Morgan fingerprint density at radius 1 is 1.00 bits per heavy atom. The van der Waals surface area contributed by atoms with Gasteiger partial charge in [0.25, 0.3) is 0 Å². The van der Waals surface area contributed by atoms with Gasteiger partial charge in [-0.15, -0.1) is 0 Å². The van der Waals surface area contributed by atoms with Crippen LogP contribution in [0.25, 0.3) is 0 Å². The molecule has 0 aliphatic rings. The molecule has 8 heavy (non-hydrogen) atoms. The summed E-state index contributed by atoms with van der Waals surface area (Å²) in [7, 11) is 1.74. The van der Waals surface area contributed by atoms with Crippen molar-refractivity contribution in [2.45, 2.75) is 0 Å². The number of nitrogens with zero attached hydrogens (tertiary/aromatic N) is 2. The summed E-state index contributed by atoms with van der Waals surface area (Å²) in [6.07, 6.45) is 0. The summed E-state index contributed by atoms with van der Waals surface area (Å²) < 4.78 is 0. The van der Waals surface area contributed by atoms with Gasteiger partial charge in [-0.05, 0) is 0 Å². The van der Waals surface area contributed by atoms with Crippen LogP contribution in [0, 0.1) is 21.3 Å². The van der Waals surface area contributed by atoms with Crippen LogP contribution in [-0.2, 0) is 0 Å². The molecule has 0 fully saturated rings. The Hall–Kier alpha value is 2.32. The Morgan fingerprint density at radius 2 is 1.25 bits per heavy atom. The summed E-state index contributed by atoms with van der Waals surface area (Å²) in [5, 5.41) is 18.9. The first-order valence-corrected chi connectivity index (χ1v) is 3.17. The molecule has 34 valence electrons. The monoisotopic (exact) mass is 180 g/mol. The van der Waals surface area contributed by atoms with Gasteiger partial charge < -0.3 is 0 Å². The molecule has 0 rings (SSSR count). The summed E-state index contributed by atoms with van der Waals surface area (Å²) in [4.78, 5) is 0. The molecule has 0 aliphatic heterocycles. The van der Waals surface area contributed by atoms with E-state index in [1.54, 1.807) is 10.8 Å². The van der Waals surface area contributed by atoms with E-state index in [4.69, 9.17) is 10.5 Å². The van der Waals surface area contributed by atoms with Gasteiger partial charge in [-0.2, -0.15) is 10.5 Å². The fourth-order valence-electron chi connectivity index (χ4n) is 0.0373. The molecule has 0 amide bonds. The van der Waals surface area contributed by atoms with Gasteiger partial charge in [0.05, 0.1) is 0 Å². The third-order valence-corrected chi connectivity index (χ3v) is 1.05. The first kappa shape index (κ1) is 16.7. The minimum atomic E-state index is 0. The summed E-state index contributed by atoms with van der Waals surface area (Å²) in [5.74, 6) is 0. The molecule has 0 aromatic carbocycles. The van der Waals surface area contributed by atoms with Crippen LogP contribution in [0.4, 0.5) is 0 Å². The van der Waals surface area contributed by atoms with Gasteiger partial charge in [-0.25, -0.2) is 0 Å². The van der Waals surface area contributed by atoms with Gasteiger partial charge in [-0.1, -0.05) is 0 Å². The minimum absolute atomic E-state index is 0. The third-order valence-electron chi connectivity index (χ3n) is 0.116. The number of hydrogen-bond donors (Lipinski definition) is 0. The first-order valence-electron chi connectivity index (χ1n) is 1.02. The van der Waals surface area contributed by atoms with Gasteiger partial charge in [-0.3, -0.25) is 0 Å². The molecule has 0 bridgehead atoms. The van der Waals surface area contributed by atoms with Crippen LogP contribution in [0.15, 0.2) is 0 Å². The van der Waals surface area contributed by atoms with Gasteiger partial charge >= 0.3 is 80.9 Å². The van der Waals surface area contributed by atoms with E-state index in [2.05, 4.69) is 0 Å². The maximum atomic E-state index is 7.74. The van der Waals surface area contributed by atoms with Crippen molar-refractivity contribution in [2.24, 2.45) is 0 Å². The third kappa shape index (κ3) is 15.8. The Labute approximate surface area is 121 Å². The van der Waals surface area contributed by atoms with Crippen molar-refractivity contribution < 1.29 is 0 Å². The maximum absolute atomic E-state index is 7.74. The fourth-order valence-corrected chi connectivity index (χ4v) is 0.335. The normalized spacial score (nSPS) is 4.25. The van der Waals surface area contributed by atoms with Crippen molar-refractivity contribution >= 4 is 103 Å². The quantitative estimate of drug-likeness (QED) is 0.247. The molecule has 6 heteroatoms. The molecule has 0 heterocycles. The fraction of sp³-hybridized carbons (Fsp3) is 0. The van der Waals surface area contributed by atoms with Crippen molar-refractivity contribution in [1.82, 2.24) is 0 Å². The first-order chi connectivity index (χ1) is 2.91. The molecule has 0 atom stereocenters. The number of thiocyanates is 2. The van der Waals surface area contributed by atoms with Crippen LogP contribution in [0.1, 0.15) is 0 Å². The average Bonchev–Trinajstić information content (AvgIpc) is 1.61. The number of hydrogen-bond acceptors (Lipinski definition) is 4. The van der Waals surface area contributed by atoms with E-state index < -0.39 is 0 Å². The summed E-state index contributed by atoms with van der Waals surface area (Å²) in [6, 6.07) is 0. The average molecular weight is 180 g/mol. The van der Waals surface area contributed by atoms with Crippen LogP contribution in [-0.4, -0.2) is 80.9 Å². The molecular weight excluding hydrogens is 178 g/mol. The van der Waals surface area contributed by atoms with Crippen molar-refractivity contribution in [3.05, 3.63) is 0 Å². The Kier molecular flexibility index (Phi) is 33.8. The SMILES string of the molecule is N#CSSC#N.[KH].[NaH]. The van der Waals surface area contributed by atoms with Crippen LogP contribution in [0.2, 0.25) is 0 Å². The molecule has 0 saturated carbocycles. The zero-order chi connectivity index (χ0) is 4.83. The second-order valence-electron chi connectivity index (χ2n) is 0.349. The standard InChI is InChI=1S/C2N2S2.K.Na.2H/c3-1-5-6-2-4;;;;. The van der Waals surface area contributed by atoms with Crippen LogP contribution < -0.4 is 0 Å². The van der Waals surface area contributed by atoms with Gasteiger partial charge in [0.2, 0.25) is 0 Å². The van der Waals surface area contributed by atoms with Crippen LogP contribution in [0.3, 0.4) is 0 Å². The number of nitriles is 2. The second kappa shape index (κ2) is 16.2. The Balaban J connectivity index is -0.000000125. The van der Waals surface area contributed by atoms with E-state index in [1.807, 2.05) is 0 Å². The van der Waals surface area contributed by atoms with Crippen LogP contribution >= 0.6 is 21.6 Å². The van der Waals surface area contributed by atoms with Crippen molar-refractivity contribution in [3.63, 3.8) is 0 Å². The van der Waals surface area contributed by atoms with E-state index in [0.29, 0.717) is 0 Å². The molecular formula is C2H2KN2NaS2. The Bertz CT molecular complexity index is 91.6. The second-order valence-corrected chi connectivity index (χ2v) is 2.05. The van der Waals surface area contributed by atoms with E-state index in [-0.39, 0.29) is 80.9 Å². The van der Waals surface area contributed by atoms with E-state index in [9.17, 15) is 0 Å². The topological polar surface area (TPSA) is 47.6 Å². The zero-order valence-electron chi connectivity index (χ0n) is 2.71. The molecule has 0 aromatic rings. The van der Waals surface area contributed by atoms with Crippen molar-refractivity contribution in [1.29, 1.82) is 10.5 Å². The summed E-state index contributed by atoms with van der Waals surface area (Å²) in [6.45, 7) is 0. The van der Waals surface area contributed by atoms with Crippen molar-refractivity contribution in [2.75, 3.05) is 0 Å². The van der Waals surface area contributed by atoms with E-state index in [0.717, 1.165) is 21.6 Å². The van der Waals surface area contributed by atoms with Crippen LogP contribution in [0.5, 0.6) is 0 Å².